The molecule has 1 N–H and O–H groups in total. The van der Waals surface area contributed by atoms with Crippen LogP contribution in [-0.4, -0.2) is 34.8 Å². The third-order valence-electron chi connectivity index (χ3n) is 5.60. The van der Waals surface area contributed by atoms with Gasteiger partial charge in [0.05, 0.1) is 23.2 Å². The highest BCUT2D eigenvalue weighted by Crippen LogP contribution is 2.41. The highest BCUT2D eigenvalue weighted by Gasteiger charge is 2.45. The summed E-state index contributed by atoms with van der Waals surface area (Å²) in [4.78, 5) is 27.4. The molecule has 0 saturated carbocycles. The number of rotatable bonds is 6. The van der Waals surface area contributed by atoms with Gasteiger partial charge in [0.15, 0.2) is 0 Å². The van der Waals surface area contributed by atoms with Crippen molar-refractivity contribution in [1.29, 1.82) is 0 Å². The van der Waals surface area contributed by atoms with Gasteiger partial charge in [0, 0.05) is 12.1 Å². The van der Waals surface area contributed by atoms with Gasteiger partial charge in [0.2, 0.25) is 0 Å². The fourth-order valence-electron chi connectivity index (χ4n) is 3.94. The predicted octanol–water partition coefficient (Wildman–Crippen LogP) is 5.87. The summed E-state index contributed by atoms with van der Waals surface area (Å²) in [6.45, 7) is 11.0. The molecule has 0 aromatic heterocycles. The van der Waals surface area contributed by atoms with Crippen molar-refractivity contribution in [1.82, 2.24) is 4.90 Å². The molecule has 1 saturated heterocycles. The number of aliphatic hydroxyl groups excluding tert-OH is 1. The van der Waals surface area contributed by atoms with Crippen molar-refractivity contribution in [3.63, 3.8) is 0 Å². The molecule has 5 nitrogen and oxygen atoms in total. The van der Waals surface area contributed by atoms with E-state index in [0.717, 1.165) is 11.1 Å². The fraction of sp³-hybridized carbons (Fsp3) is 0.385. The maximum absolute atomic E-state index is 13.0. The number of carbonyl (C=O) groups excluding carboxylic acids is 2. The lowest BCUT2D eigenvalue weighted by molar-refractivity contribution is -0.139. The summed E-state index contributed by atoms with van der Waals surface area (Å²) in [7, 11) is 0. The molecule has 2 aromatic rings. The molecule has 0 spiro atoms. The Kier molecular flexibility index (Phi) is 6.99. The third kappa shape index (κ3) is 4.53. The smallest absolute Gasteiger partial charge is 0.295 e. The van der Waals surface area contributed by atoms with Crippen LogP contribution in [0.25, 0.3) is 5.76 Å². The van der Waals surface area contributed by atoms with Gasteiger partial charge >= 0.3 is 0 Å². The van der Waals surface area contributed by atoms with Crippen molar-refractivity contribution in [2.75, 3.05) is 13.2 Å². The van der Waals surface area contributed by atoms with Gasteiger partial charge in [-0.05, 0) is 48.1 Å². The van der Waals surface area contributed by atoms with E-state index in [1.165, 1.54) is 0 Å². The van der Waals surface area contributed by atoms with E-state index in [9.17, 15) is 14.7 Å². The van der Waals surface area contributed by atoms with E-state index in [4.69, 9.17) is 16.3 Å². The molecule has 170 valence electrons. The lowest BCUT2D eigenvalue weighted by atomic mass is 9.85. The minimum atomic E-state index is -0.686. The Balaban J connectivity index is 2.16. The van der Waals surface area contributed by atoms with Crippen LogP contribution in [0.15, 0.2) is 48.0 Å². The van der Waals surface area contributed by atoms with E-state index in [2.05, 4.69) is 20.8 Å². The maximum Gasteiger partial charge on any atom is 0.295 e. The molecule has 32 heavy (non-hydrogen) atoms. The van der Waals surface area contributed by atoms with Gasteiger partial charge < -0.3 is 14.7 Å². The molecule has 1 amide bonds. The van der Waals surface area contributed by atoms with Crippen LogP contribution in [0.5, 0.6) is 5.75 Å². The maximum atomic E-state index is 13.0. The molecule has 1 unspecified atom stereocenters. The van der Waals surface area contributed by atoms with Crippen molar-refractivity contribution >= 4 is 29.1 Å². The lowest BCUT2D eigenvalue weighted by Gasteiger charge is -2.26. The number of ketones is 1. The molecule has 0 bridgehead atoms. The van der Waals surface area contributed by atoms with Gasteiger partial charge in [-0.25, -0.2) is 0 Å². The van der Waals surface area contributed by atoms with Crippen LogP contribution >= 0.6 is 11.6 Å². The molecule has 2 aromatic carbocycles. The first kappa shape index (κ1) is 23.9. The van der Waals surface area contributed by atoms with Gasteiger partial charge in [0.25, 0.3) is 11.7 Å². The Morgan fingerprint density at radius 2 is 1.75 bits per heavy atom. The van der Waals surface area contributed by atoms with Crippen LogP contribution in [0.4, 0.5) is 0 Å². The van der Waals surface area contributed by atoms with E-state index in [1.54, 1.807) is 23.1 Å². The molecule has 1 atom stereocenters. The summed E-state index contributed by atoms with van der Waals surface area (Å²) in [6.07, 6.45) is 0.694. The molecular formula is C26H30ClNO4. The number of aliphatic hydroxyl groups is 1. The summed E-state index contributed by atoms with van der Waals surface area (Å²) < 4.78 is 5.53. The van der Waals surface area contributed by atoms with Crippen LogP contribution in [0.1, 0.15) is 63.8 Å². The highest BCUT2D eigenvalue weighted by atomic mass is 35.5. The zero-order valence-electron chi connectivity index (χ0n) is 19.2. The number of carbonyl (C=O) groups is 2. The zero-order valence-corrected chi connectivity index (χ0v) is 20.0. The van der Waals surface area contributed by atoms with E-state index >= 15 is 0 Å². The van der Waals surface area contributed by atoms with Gasteiger partial charge in [-0.1, -0.05) is 63.6 Å². The molecule has 3 rings (SSSR count). The molecule has 0 radical (unpaired) electrons. The van der Waals surface area contributed by atoms with E-state index < -0.39 is 17.7 Å². The Labute approximate surface area is 194 Å². The molecule has 6 heteroatoms. The number of ether oxygens (including phenoxy) is 1. The number of Topliss-reactive ketones (excluding diaryl/α,β-unsaturated/α-hetero) is 1. The second kappa shape index (κ2) is 9.37. The highest BCUT2D eigenvalue weighted by molar-refractivity contribution is 6.46. The summed E-state index contributed by atoms with van der Waals surface area (Å²) >= 11 is 6.18. The molecular weight excluding hydrogens is 426 g/mol. The molecule has 1 fully saturated rings. The second-order valence-electron chi connectivity index (χ2n) is 8.94. The van der Waals surface area contributed by atoms with E-state index in [-0.39, 0.29) is 16.7 Å². The van der Waals surface area contributed by atoms with Crippen LogP contribution in [0, 0.1) is 0 Å². The standard InChI is InChI=1S/C26H30ClNO4/c1-6-14-28-22(16-8-11-18(12-9-16)26(3,4)5)21(24(30)25(28)31)23(29)17-10-13-19(27)20(15-17)32-7-2/h8-13,15,22,29H,6-7,14H2,1-5H3/b23-21-. The number of benzene rings is 2. The number of likely N-dealkylation sites (tertiary alicyclic amines) is 1. The van der Waals surface area contributed by atoms with Crippen molar-refractivity contribution in [2.24, 2.45) is 0 Å². The van der Waals surface area contributed by atoms with Crippen molar-refractivity contribution in [3.8, 4) is 5.75 Å². The minimum Gasteiger partial charge on any atom is -0.507 e. The number of halogens is 1. The van der Waals surface area contributed by atoms with Crippen LogP contribution in [0.3, 0.4) is 0 Å². The molecule has 0 aliphatic carbocycles. The second-order valence-corrected chi connectivity index (χ2v) is 9.35. The summed E-state index contributed by atoms with van der Waals surface area (Å²) in [5, 5.41) is 11.6. The molecule has 1 aliphatic rings. The summed E-state index contributed by atoms with van der Waals surface area (Å²) in [5.41, 5.74) is 2.36. The number of hydrogen-bond donors (Lipinski definition) is 1. The van der Waals surface area contributed by atoms with Gasteiger partial charge in [-0.3, -0.25) is 9.59 Å². The average molecular weight is 456 g/mol. The Hall–Kier alpha value is -2.79. The largest absolute Gasteiger partial charge is 0.507 e. The predicted molar refractivity (Wildman–Crippen MR) is 127 cm³/mol. The quantitative estimate of drug-likeness (QED) is 0.336. The van der Waals surface area contributed by atoms with Crippen molar-refractivity contribution in [2.45, 2.75) is 52.5 Å². The summed E-state index contributed by atoms with van der Waals surface area (Å²) in [6, 6.07) is 12.0. The van der Waals surface area contributed by atoms with Crippen LogP contribution in [0.2, 0.25) is 5.02 Å². The van der Waals surface area contributed by atoms with Crippen LogP contribution < -0.4 is 4.74 Å². The lowest BCUT2D eigenvalue weighted by Crippen LogP contribution is -2.30. The Bertz CT molecular complexity index is 1050. The van der Waals surface area contributed by atoms with Gasteiger partial charge in [-0.15, -0.1) is 0 Å². The minimum absolute atomic E-state index is 0.0251. The number of nitrogens with zero attached hydrogens (tertiary/aromatic N) is 1. The fourth-order valence-corrected chi connectivity index (χ4v) is 4.11. The normalized spacial score (nSPS) is 18.3. The van der Waals surface area contributed by atoms with Crippen molar-refractivity contribution < 1.29 is 19.4 Å². The topological polar surface area (TPSA) is 66.8 Å². The average Bonchev–Trinajstić information content (AvgIpc) is 3.00. The summed E-state index contributed by atoms with van der Waals surface area (Å²) in [5.74, 6) is -1.11. The Morgan fingerprint density at radius 1 is 1.09 bits per heavy atom. The first-order valence-corrected chi connectivity index (χ1v) is 11.3. The first-order chi connectivity index (χ1) is 15.1. The molecule has 1 heterocycles. The van der Waals surface area contributed by atoms with Gasteiger partial charge in [-0.2, -0.15) is 0 Å². The van der Waals surface area contributed by atoms with E-state index in [0.29, 0.717) is 35.9 Å². The SMILES string of the molecule is CCCN1C(=O)C(=O)/C(=C(\O)c2ccc(Cl)c(OCC)c2)C1c1ccc(C(C)(C)C)cc1. The first-order valence-electron chi connectivity index (χ1n) is 10.9. The number of amides is 1. The number of hydrogen-bond acceptors (Lipinski definition) is 4. The van der Waals surface area contributed by atoms with Crippen LogP contribution in [-0.2, 0) is 15.0 Å². The Morgan fingerprint density at radius 3 is 2.31 bits per heavy atom. The molecule has 1 aliphatic heterocycles. The monoisotopic (exact) mass is 455 g/mol. The van der Waals surface area contributed by atoms with Crippen molar-refractivity contribution in [3.05, 3.63) is 69.8 Å². The van der Waals surface area contributed by atoms with E-state index in [1.807, 2.05) is 38.1 Å². The third-order valence-corrected chi connectivity index (χ3v) is 5.91. The zero-order chi connectivity index (χ0) is 23.6. The van der Waals surface area contributed by atoms with Gasteiger partial charge in [0.1, 0.15) is 11.5 Å².